The Labute approximate surface area is 81.6 Å². The highest BCUT2D eigenvalue weighted by atomic mass is 32.2. The lowest BCUT2D eigenvalue weighted by Crippen LogP contribution is -2.03. The molecule has 0 aliphatic rings. The molecule has 7 heteroatoms. The van der Waals surface area contributed by atoms with Gasteiger partial charge in [-0.1, -0.05) is 30.0 Å². The van der Waals surface area contributed by atoms with Gasteiger partial charge in [0.15, 0.2) is 4.34 Å². The third-order valence-corrected chi connectivity index (χ3v) is 3.21. The van der Waals surface area contributed by atoms with Crippen molar-refractivity contribution < 1.29 is 13.2 Å². The topological polar surface area (TPSA) is 25.8 Å². The van der Waals surface area contributed by atoms with Crippen molar-refractivity contribution in [2.24, 2.45) is 0 Å². The van der Waals surface area contributed by atoms with Crippen molar-refractivity contribution in [3.63, 3.8) is 0 Å². The van der Waals surface area contributed by atoms with Crippen LogP contribution in [0.4, 0.5) is 13.2 Å². The molecule has 1 heterocycles. The Morgan fingerprint density at radius 2 is 2.08 bits per heavy atom. The average molecular weight is 227 g/mol. The number of alkyl halides is 3. The number of thioether (sulfide) groups is 1. The summed E-state index contributed by atoms with van der Waals surface area (Å²) < 4.78 is 36.4. The molecule has 0 N–H and O–H groups in total. The molecule has 13 heavy (non-hydrogen) atoms. The van der Waals surface area contributed by atoms with Gasteiger partial charge in [0, 0.05) is 5.75 Å². The highest BCUT2D eigenvalue weighted by Crippen LogP contribution is 2.34. The Balaban J connectivity index is 2.64. The van der Waals surface area contributed by atoms with Crippen LogP contribution in [0.1, 0.15) is 11.4 Å². The fraction of sp³-hybridized carbons (Fsp3) is 0.500. The molecule has 1 rings (SSSR count). The summed E-state index contributed by atoms with van der Waals surface area (Å²) in [5.41, 5.74) is 0. The van der Waals surface area contributed by atoms with Gasteiger partial charge in [-0.05, 0) is 6.42 Å². The van der Waals surface area contributed by atoms with E-state index in [4.69, 9.17) is 0 Å². The second-order valence-corrected chi connectivity index (χ2v) is 4.39. The number of nitrogens with zero attached hydrogens (tertiary/aromatic N) is 2. The molecule has 1 aromatic heterocycles. The molecule has 0 unspecified atom stereocenters. The third-order valence-electron chi connectivity index (χ3n) is 1.02. The zero-order valence-corrected chi connectivity index (χ0v) is 8.10. The van der Waals surface area contributed by atoms with Crippen LogP contribution in [0.15, 0.2) is 4.34 Å². The summed E-state index contributed by atoms with van der Waals surface area (Å²) in [6.45, 7) is 3.57. The smallest absolute Gasteiger partial charge is 0.164 e. The van der Waals surface area contributed by atoms with Gasteiger partial charge in [0.2, 0.25) is 5.01 Å². The van der Waals surface area contributed by atoms with Gasteiger partial charge in [-0.2, -0.15) is 13.2 Å². The molecule has 0 bridgehead atoms. The van der Waals surface area contributed by atoms with Gasteiger partial charge >= 0.3 is 6.18 Å². The molecule has 0 amide bonds. The van der Waals surface area contributed by atoms with E-state index in [1.165, 1.54) is 11.8 Å². The normalized spacial score (nSPS) is 12.0. The maximum Gasteiger partial charge on any atom is 0.445 e. The minimum atomic E-state index is -4.37. The molecule has 2 nitrogen and oxygen atoms in total. The van der Waals surface area contributed by atoms with E-state index in [-0.39, 0.29) is 0 Å². The number of hydrogen-bond donors (Lipinski definition) is 0. The van der Waals surface area contributed by atoms with Crippen molar-refractivity contribution in [1.82, 2.24) is 10.2 Å². The summed E-state index contributed by atoms with van der Waals surface area (Å²) in [6.07, 6.45) is -3.72. The molecule has 73 valence electrons. The predicted molar refractivity (Wildman–Crippen MR) is 45.6 cm³/mol. The molecule has 0 spiro atoms. The fourth-order valence-electron chi connectivity index (χ4n) is 0.542. The standard InChI is InChI=1S/C6H6F3N2S2/c1-2-3-12-5-11-10-4(13-5)6(7,8)9/h1-3H2. The third kappa shape index (κ3) is 3.15. The van der Waals surface area contributed by atoms with Crippen LogP contribution in [0.25, 0.3) is 0 Å². The summed E-state index contributed by atoms with van der Waals surface area (Å²) >= 11 is 1.81. The van der Waals surface area contributed by atoms with Crippen molar-refractivity contribution in [3.8, 4) is 0 Å². The van der Waals surface area contributed by atoms with Gasteiger partial charge in [-0.25, -0.2) is 0 Å². The van der Waals surface area contributed by atoms with Gasteiger partial charge in [-0.3, -0.25) is 0 Å². The predicted octanol–water partition coefficient (Wildman–Crippen LogP) is 2.87. The first kappa shape index (κ1) is 10.8. The average Bonchev–Trinajstić information content (AvgIpc) is 2.47. The molecule has 0 saturated carbocycles. The monoisotopic (exact) mass is 227 g/mol. The summed E-state index contributed by atoms with van der Waals surface area (Å²) in [4.78, 5) is 0. The van der Waals surface area contributed by atoms with Crippen molar-refractivity contribution >= 4 is 23.1 Å². The summed E-state index contributed by atoms with van der Waals surface area (Å²) in [6, 6.07) is 0. The minimum absolute atomic E-state index is 0.343. The lowest BCUT2D eigenvalue weighted by atomic mass is 10.6. The zero-order valence-electron chi connectivity index (χ0n) is 6.47. The Kier molecular flexibility index (Phi) is 3.55. The molecule has 0 aliphatic carbocycles. The highest BCUT2D eigenvalue weighted by molar-refractivity contribution is 8.01. The van der Waals surface area contributed by atoms with Gasteiger partial charge in [-0.15, -0.1) is 10.2 Å². The van der Waals surface area contributed by atoms with E-state index >= 15 is 0 Å². The molecule has 0 fully saturated rings. The fourth-order valence-corrected chi connectivity index (χ4v) is 2.13. The molecular weight excluding hydrogens is 221 g/mol. The SMILES string of the molecule is [CH2]CCSc1nnc(C(F)(F)F)s1. The van der Waals surface area contributed by atoms with E-state index in [9.17, 15) is 13.2 Å². The van der Waals surface area contributed by atoms with E-state index < -0.39 is 11.2 Å². The van der Waals surface area contributed by atoms with Crippen molar-refractivity contribution in [2.45, 2.75) is 16.9 Å². The van der Waals surface area contributed by atoms with Gasteiger partial charge in [0.1, 0.15) is 0 Å². The largest absolute Gasteiger partial charge is 0.445 e. The Morgan fingerprint density at radius 1 is 1.38 bits per heavy atom. The van der Waals surface area contributed by atoms with Crippen LogP contribution < -0.4 is 0 Å². The van der Waals surface area contributed by atoms with Gasteiger partial charge in [0.25, 0.3) is 0 Å². The number of halogens is 3. The first-order chi connectivity index (χ1) is 6.04. The Morgan fingerprint density at radius 3 is 2.54 bits per heavy atom. The molecule has 0 saturated heterocycles. The van der Waals surface area contributed by atoms with Crippen LogP contribution in [-0.4, -0.2) is 16.0 Å². The lowest BCUT2D eigenvalue weighted by molar-refractivity contribution is -0.138. The number of rotatable bonds is 3. The quantitative estimate of drug-likeness (QED) is 0.742. The molecule has 1 radical (unpaired) electrons. The van der Waals surface area contributed by atoms with Crippen molar-refractivity contribution in [3.05, 3.63) is 11.9 Å². The van der Waals surface area contributed by atoms with Crippen molar-refractivity contribution in [1.29, 1.82) is 0 Å². The second kappa shape index (κ2) is 4.28. The zero-order chi connectivity index (χ0) is 9.90. The summed E-state index contributed by atoms with van der Waals surface area (Å²) in [5, 5.41) is 5.56. The van der Waals surface area contributed by atoms with Crippen molar-refractivity contribution in [2.75, 3.05) is 5.75 Å². The van der Waals surface area contributed by atoms with E-state index in [2.05, 4.69) is 17.1 Å². The van der Waals surface area contributed by atoms with E-state index in [1.807, 2.05) is 0 Å². The molecule has 1 aromatic rings. The van der Waals surface area contributed by atoms with Crippen LogP contribution in [0.2, 0.25) is 0 Å². The first-order valence-electron chi connectivity index (χ1n) is 3.37. The maximum atomic E-state index is 12.0. The Hall–Kier alpha value is -0.300. The van der Waals surface area contributed by atoms with Crippen LogP contribution in [-0.2, 0) is 6.18 Å². The van der Waals surface area contributed by atoms with E-state index in [0.29, 0.717) is 27.9 Å². The van der Waals surface area contributed by atoms with E-state index in [1.54, 1.807) is 0 Å². The molecule has 0 atom stereocenters. The number of hydrogen-bond acceptors (Lipinski definition) is 4. The highest BCUT2D eigenvalue weighted by Gasteiger charge is 2.35. The molecule has 0 aliphatic heterocycles. The summed E-state index contributed by atoms with van der Waals surface area (Å²) in [5.74, 6) is 0.659. The second-order valence-electron chi connectivity index (χ2n) is 2.07. The molecular formula is C6H6F3N2S2. The molecule has 0 aromatic carbocycles. The van der Waals surface area contributed by atoms with Gasteiger partial charge in [0.05, 0.1) is 0 Å². The minimum Gasteiger partial charge on any atom is -0.164 e. The summed E-state index contributed by atoms with van der Waals surface area (Å²) in [7, 11) is 0. The Bertz CT molecular complexity index is 271. The van der Waals surface area contributed by atoms with E-state index in [0.717, 1.165) is 0 Å². The first-order valence-corrected chi connectivity index (χ1v) is 5.17. The van der Waals surface area contributed by atoms with Crippen LogP contribution in [0.5, 0.6) is 0 Å². The maximum absolute atomic E-state index is 12.0. The lowest BCUT2D eigenvalue weighted by Gasteiger charge is -1.97. The van der Waals surface area contributed by atoms with Crippen LogP contribution in [0.3, 0.4) is 0 Å². The van der Waals surface area contributed by atoms with Gasteiger partial charge < -0.3 is 0 Å². The van der Waals surface area contributed by atoms with Crippen LogP contribution in [0, 0.1) is 6.92 Å². The number of aromatic nitrogens is 2. The van der Waals surface area contributed by atoms with Crippen LogP contribution >= 0.6 is 23.1 Å².